The van der Waals surface area contributed by atoms with Gasteiger partial charge in [0, 0.05) is 12.0 Å². The molecule has 1 aliphatic carbocycles. The lowest BCUT2D eigenvalue weighted by molar-refractivity contribution is -0.0806. The number of hydrogen-bond acceptors (Lipinski definition) is 1. The molecule has 16 heavy (non-hydrogen) atoms. The third kappa shape index (κ3) is 1.57. The van der Waals surface area contributed by atoms with Crippen molar-refractivity contribution in [1.29, 1.82) is 0 Å². The quantitative estimate of drug-likeness (QED) is 0.626. The van der Waals surface area contributed by atoms with Gasteiger partial charge in [0.05, 0.1) is 5.60 Å². The standard InChI is InChI=1S/C14H17ClO/c1-10-2-3-11-4-6-14(13(11)8-10)9-12(15)5-7-16-14/h2-3,8,12H,4-7,9H2,1H3. The van der Waals surface area contributed by atoms with Crippen LogP contribution in [0, 0.1) is 6.92 Å². The van der Waals surface area contributed by atoms with Crippen molar-refractivity contribution in [1.82, 2.24) is 0 Å². The SMILES string of the molecule is Cc1ccc2c(c1)C1(CC2)CC(Cl)CCO1. The molecular weight excluding hydrogens is 220 g/mol. The maximum absolute atomic E-state index is 6.31. The van der Waals surface area contributed by atoms with Crippen LogP contribution in [0.25, 0.3) is 0 Å². The van der Waals surface area contributed by atoms with Gasteiger partial charge < -0.3 is 4.74 Å². The predicted molar refractivity (Wildman–Crippen MR) is 66.0 cm³/mol. The number of alkyl halides is 1. The third-order valence-electron chi connectivity index (χ3n) is 3.92. The van der Waals surface area contributed by atoms with Gasteiger partial charge in [-0.05, 0) is 43.7 Å². The zero-order valence-corrected chi connectivity index (χ0v) is 10.4. The lowest BCUT2D eigenvalue weighted by Crippen LogP contribution is -2.36. The summed E-state index contributed by atoms with van der Waals surface area (Å²) in [5.74, 6) is 0. The van der Waals surface area contributed by atoms with E-state index >= 15 is 0 Å². The molecule has 0 amide bonds. The Labute approximate surface area is 102 Å². The number of fused-ring (bicyclic) bond motifs is 2. The van der Waals surface area contributed by atoms with Crippen LogP contribution in [0.2, 0.25) is 0 Å². The van der Waals surface area contributed by atoms with Crippen LogP contribution in [-0.2, 0) is 16.8 Å². The first-order valence-electron chi connectivity index (χ1n) is 6.08. The topological polar surface area (TPSA) is 9.23 Å². The summed E-state index contributed by atoms with van der Waals surface area (Å²) in [5, 5.41) is 0.278. The Bertz CT molecular complexity index is 411. The van der Waals surface area contributed by atoms with E-state index in [0.29, 0.717) is 0 Å². The van der Waals surface area contributed by atoms with E-state index in [1.807, 2.05) is 0 Å². The molecule has 2 heteroatoms. The fourth-order valence-electron chi connectivity index (χ4n) is 3.07. The van der Waals surface area contributed by atoms with Crippen molar-refractivity contribution in [2.24, 2.45) is 0 Å². The molecule has 2 unspecified atom stereocenters. The van der Waals surface area contributed by atoms with E-state index in [4.69, 9.17) is 16.3 Å². The minimum atomic E-state index is -0.0635. The Balaban J connectivity index is 2.03. The number of aryl methyl sites for hydroxylation is 2. The Morgan fingerprint density at radius 2 is 2.31 bits per heavy atom. The average molecular weight is 237 g/mol. The molecule has 0 bridgehead atoms. The summed E-state index contributed by atoms with van der Waals surface area (Å²) in [6, 6.07) is 6.73. The second kappa shape index (κ2) is 3.75. The van der Waals surface area contributed by atoms with E-state index in [-0.39, 0.29) is 11.0 Å². The molecule has 1 aromatic carbocycles. The molecule has 1 heterocycles. The molecule has 0 aromatic heterocycles. The smallest absolute Gasteiger partial charge is 0.0951 e. The minimum absolute atomic E-state index is 0.0635. The van der Waals surface area contributed by atoms with Gasteiger partial charge in [-0.2, -0.15) is 0 Å². The summed E-state index contributed by atoms with van der Waals surface area (Å²) in [6.45, 7) is 2.95. The first-order chi connectivity index (χ1) is 7.70. The molecule has 2 atom stereocenters. The third-order valence-corrected chi connectivity index (χ3v) is 4.29. The second-order valence-electron chi connectivity index (χ2n) is 5.09. The highest BCUT2D eigenvalue weighted by Gasteiger charge is 2.43. The molecule has 0 N–H and O–H groups in total. The lowest BCUT2D eigenvalue weighted by atomic mass is 9.87. The summed E-state index contributed by atoms with van der Waals surface area (Å²) in [6.07, 6.45) is 4.21. The van der Waals surface area contributed by atoms with Crippen molar-refractivity contribution in [3.63, 3.8) is 0 Å². The van der Waals surface area contributed by atoms with E-state index in [2.05, 4.69) is 25.1 Å². The fraction of sp³-hybridized carbons (Fsp3) is 0.571. The van der Waals surface area contributed by atoms with E-state index in [0.717, 1.165) is 32.3 Å². The normalized spacial score (nSPS) is 33.0. The van der Waals surface area contributed by atoms with Crippen molar-refractivity contribution in [2.45, 2.75) is 43.6 Å². The molecule has 1 saturated heterocycles. The van der Waals surface area contributed by atoms with E-state index in [1.165, 1.54) is 16.7 Å². The predicted octanol–water partition coefficient (Wildman–Crippen LogP) is 3.55. The van der Waals surface area contributed by atoms with Gasteiger partial charge in [-0.1, -0.05) is 23.8 Å². The Morgan fingerprint density at radius 3 is 3.12 bits per heavy atom. The number of halogens is 1. The van der Waals surface area contributed by atoms with Crippen molar-refractivity contribution in [3.8, 4) is 0 Å². The molecule has 1 spiro atoms. The molecule has 3 rings (SSSR count). The Hall–Kier alpha value is -0.530. The van der Waals surface area contributed by atoms with Gasteiger partial charge in [0.1, 0.15) is 0 Å². The first kappa shape index (κ1) is 10.6. The molecule has 2 aliphatic rings. The van der Waals surface area contributed by atoms with Crippen LogP contribution < -0.4 is 0 Å². The summed E-state index contributed by atoms with van der Waals surface area (Å²) in [5.41, 5.74) is 4.11. The van der Waals surface area contributed by atoms with Gasteiger partial charge in [0.2, 0.25) is 0 Å². The molecule has 0 saturated carbocycles. The maximum atomic E-state index is 6.31. The van der Waals surface area contributed by atoms with Crippen LogP contribution in [0.5, 0.6) is 0 Å². The van der Waals surface area contributed by atoms with Crippen LogP contribution in [0.4, 0.5) is 0 Å². The highest BCUT2D eigenvalue weighted by atomic mass is 35.5. The van der Waals surface area contributed by atoms with Gasteiger partial charge >= 0.3 is 0 Å². The highest BCUT2D eigenvalue weighted by Crippen LogP contribution is 2.46. The number of hydrogen-bond donors (Lipinski definition) is 0. The van der Waals surface area contributed by atoms with Crippen LogP contribution in [0.1, 0.15) is 36.0 Å². The van der Waals surface area contributed by atoms with E-state index in [9.17, 15) is 0 Å². The first-order valence-corrected chi connectivity index (χ1v) is 6.51. The number of rotatable bonds is 0. The maximum Gasteiger partial charge on any atom is 0.0951 e. The summed E-state index contributed by atoms with van der Waals surface area (Å²) >= 11 is 6.31. The molecule has 1 aromatic rings. The number of benzene rings is 1. The van der Waals surface area contributed by atoms with Crippen LogP contribution in [-0.4, -0.2) is 12.0 Å². The monoisotopic (exact) mass is 236 g/mol. The zero-order valence-electron chi connectivity index (χ0n) is 9.63. The molecule has 86 valence electrons. The lowest BCUT2D eigenvalue weighted by Gasteiger charge is -2.37. The van der Waals surface area contributed by atoms with Crippen LogP contribution in [0.3, 0.4) is 0 Å². The molecule has 0 radical (unpaired) electrons. The van der Waals surface area contributed by atoms with Crippen molar-refractivity contribution in [2.75, 3.05) is 6.61 Å². The summed E-state index contributed by atoms with van der Waals surface area (Å²) in [4.78, 5) is 0. The fourth-order valence-corrected chi connectivity index (χ4v) is 3.40. The zero-order chi connectivity index (χ0) is 11.2. The number of ether oxygens (including phenoxy) is 1. The van der Waals surface area contributed by atoms with Gasteiger partial charge in [-0.25, -0.2) is 0 Å². The minimum Gasteiger partial charge on any atom is -0.370 e. The van der Waals surface area contributed by atoms with Crippen molar-refractivity contribution in [3.05, 3.63) is 34.9 Å². The van der Waals surface area contributed by atoms with Crippen molar-refractivity contribution < 1.29 is 4.74 Å². The summed E-state index contributed by atoms with van der Waals surface area (Å²) in [7, 11) is 0. The van der Waals surface area contributed by atoms with Crippen LogP contribution in [0.15, 0.2) is 18.2 Å². The van der Waals surface area contributed by atoms with E-state index < -0.39 is 0 Å². The van der Waals surface area contributed by atoms with Gasteiger partial charge in [-0.3, -0.25) is 0 Å². The highest BCUT2D eigenvalue weighted by molar-refractivity contribution is 6.20. The van der Waals surface area contributed by atoms with Gasteiger partial charge in [0.25, 0.3) is 0 Å². The summed E-state index contributed by atoms with van der Waals surface area (Å²) < 4.78 is 6.09. The van der Waals surface area contributed by atoms with Gasteiger partial charge in [-0.15, -0.1) is 11.6 Å². The Kier molecular flexibility index (Phi) is 2.49. The van der Waals surface area contributed by atoms with Crippen LogP contribution >= 0.6 is 11.6 Å². The van der Waals surface area contributed by atoms with E-state index in [1.54, 1.807) is 0 Å². The average Bonchev–Trinajstić information content (AvgIpc) is 2.58. The largest absolute Gasteiger partial charge is 0.370 e. The van der Waals surface area contributed by atoms with Crippen molar-refractivity contribution >= 4 is 11.6 Å². The molecular formula is C14H17ClO. The molecule has 1 nitrogen and oxygen atoms in total. The molecule has 1 aliphatic heterocycles. The molecule has 1 fully saturated rings. The van der Waals surface area contributed by atoms with Gasteiger partial charge in [0.15, 0.2) is 0 Å². The Morgan fingerprint density at radius 1 is 1.44 bits per heavy atom. The second-order valence-corrected chi connectivity index (χ2v) is 5.71.